The van der Waals surface area contributed by atoms with E-state index in [9.17, 15) is 4.79 Å². The highest BCUT2D eigenvalue weighted by molar-refractivity contribution is 7.07. The van der Waals surface area contributed by atoms with Gasteiger partial charge in [-0.15, -0.1) is 11.3 Å². The quantitative estimate of drug-likeness (QED) is 0.809. The molecule has 82 valence electrons. The Labute approximate surface area is 99.0 Å². The van der Waals surface area contributed by atoms with E-state index in [0.29, 0.717) is 6.42 Å². The first kappa shape index (κ1) is 11.0. The van der Waals surface area contributed by atoms with Crippen LogP contribution in [-0.2, 0) is 11.2 Å². The largest absolute Gasteiger partial charge is 0.299 e. The van der Waals surface area contributed by atoms with Crippen LogP contribution in [0.1, 0.15) is 24.1 Å². The molecule has 3 heteroatoms. The van der Waals surface area contributed by atoms with Crippen molar-refractivity contribution in [2.24, 2.45) is 0 Å². The number of hydrogen-bond donors (Lipinski definition) is 0. The molecule has 1 aromatic heterocycles. The van der Waals surface area contributed by atoms with Gasteiger partial charge in [0.05, 0.1) is 17.1 Å². The molecule has 2 nitrogen and oxygen atoms in total. The highest BCUT2D eigenvalue weighted by Crippen LogP contribution is 2.18. The van der Waals surface area contributed by atoms with Crippen LogP contribution in [0.4, 0.5) is 0 Å². The topological polar surface area (TPSA) is 30.0 Å². The van der Waals surface area contributed by atoms with Crippen molar-refractivity contribution < 1.29 is 4.79 Å². The maximum absolute atomic E-state index is 12.0. The highest BCUT2D eigenvalue weighted by Gasteiger charge is 2.16. The van der Waals surface area contributed by atoms with Crippen LogP contribution in [-0.4, -0.2) is 10.8 Å². The van der Waals surface area contributed by atoms with E-state index in [1.165, 1.54) is 11.3 Å². The highest BCUT2D eigenvalue weighted by atomic mass is 32.1. The Balaban J connectivity index is 2.04. The van der Waals surface area contributed by atoms with Gasteiger partial charge in [-0.25, -0.2) is 4.98 Å². The first-order valence-electron chi connectivity index (χ1n) is 5.22. The van der Waals surface area contributed by atoms with Crippen LogP contribution in [0.2, 0.25) is 0 Å². The molecule has 0 bridgehead atoms. The van der Waals surface area contributed by atoms with Crippen LogP contribution < -0.4 is 0 Å². The average molecular weight is 231 g/mol. The van der Waals surface area contributed by atoms with Crippen LogP contribution in [0.15, 0.2) is 41.2 Å². The predicted molar refractivity (Wildman–Crippen MR) is 65.7 cm³/mol. The Hall–Kier alpha value is -1.48. The third-order valence-electron chi connectivity index (χ3n) is 2.60. The van der Waals surface area contributed by atoms with E-state index in [4.69, 9.17) is 0 Å². The first-order chi connectivity index (χ1) is 7.77. The van der Waals surface area contributed by atoms with Crippen LogP contribution in [0.5, 0.6) is 0 Å². The molecule has 0 saturated heterocycles. The normalized spacial score (nSPS) is 12.3. The van der Waals surface area contributed by atoms with E-state index >= 15 is 0 Å². The van der Waals surface area contributed by atoms with Gasteiger partial charge in [0.15, 0.2) is 0 Å². The fourth-order valence-corrected chi connectivity index (χ4v) is 2.20. The zero-order chi connectivity index (χ0) is 11.4. The van der Waals surface area contributed by atoms with Crippen LogP contribution in [0, 0.1) is 0 Å². The summed E-state index contributed by atoms with van der Waals surface area (Å²) in [6.07, 6.45) is 0.486. The number of carbonyl (C=O) groups is 1. The van der Waals surface area contributed by atoms with Gasteiger partial charge in [0, 0.05) is 11.8 Å². The van der Waals surface area contributed by atoms with Gasteiger partial charge in [-0.2, -0.15) is 0 Å². The van der Waals surface area contributed by atoms with Crippen LogP contribution in [0.3, 0.4) is 0 Å². The van der Waals surface area contributed by atoms with Crippen molar-refractivity contribution in [2.45, 2.75) is 19.3 Å². The standard InChI is InChI=1S/C13H13NOS/c1-10(12-8-16-9-14-12)13(15)7-11-5-3-2-4-6-11/h2-6,8-10H,7H2,1H3. The van der Waals surface area contributed by atoms with Gasteiger partial charge in [0.25, 0.3) is 0 Å². The van der Waals surface area contributed by atoms with Crippen molar-refractivity contribution in [2.75, 3.05) is 0 Å². The third-order valence-corrected chi connectivity index (χ3v) is 3.20. The second-order valence-corrected chi connectivity index (χ2v) is 4.48. The third kappa shape index (κ3) is 2.55. The Morgan fingerprint density at radius 3 is 2.75 bits per heavy atom. The molecule has 0 saturated carbocycles. The lowest BCUT2D eigenvalue weighted by atomic mass is 9.97. The summed E-state index contributed by atoms with van der Waals surface area (Å²) in [6.45, 7) is 1.92. The molecule has 0 spiro atoms. The first-order valence-corrected chi connectivity index (χ1v) is 6.16. The molecule has 2 aromatic rings. The second-order valence-electron chi connectivity index (χ2n) is 3.76. The van der Waals surface area contributed by atoms with Crippen molar-refractivity contribution in [3.63, 3.8) is 0 Å². The smallest absolute Gasteiger partial charge is 0.146 e. The minimum atomic E-state index is -0.105. The van der Waals surface area contributed by atoms with Gasteiger partial charge in [0.2, 0.25) is 0 Å². The molecule has 0 aliphatic heterocycles. The molecule has 1 aromatic carbocycles. The molecule has 0 aliphatic rings. The zero-order valence-electron chi connectivity index (χ0n) is 9.09. The molecular weight excluding hydrogens is 218 g/mol. The van der Waals surface area contributed by atoms with Crippen molar-refractivity contribution in [3.8, 4) is 0 Å². The second kappa shape index (κ2) is 5.03. The van der Waals surface area contributed by atoms with E-state index in [2.05, 4.69) is 4.98 Å². The molecule has 0 N–H and O–H groups in total. The fraction of sp³-hybridized carbons (Fsp3) is 0.231. The van der Waals surface area contributed by atoms with Crippen molar-refractivity contribution >= 4 is 17.1 Å². The zero-order valence-corrected chi connectivity index (χ0v) is 9.91. The van der Waals surface area contributed by atoms with Crippen LogP contribution in [0.25, 0.3) is 0 Å². The molecule has 0 fully saturated rings. The maximum atomic E-state index is 12.0. The lowest BCUT2D eigenvalue weighted by Gasteiger charge is -2.07. The van der Waals surface area contributed by atoms with Gasteiger partial charge >= 0.3 is 0 Å². The van der Waals surface area contributed by atoms with E-state index in [0.717, 1.165) is 11.3 Å². The Bertz CT molecular complexity index is 450. The molecule has 2 rings (SSSR count). The van der Waals surface area contributed by atoms with Gasteiger partial charge in [-0.1, -0.05) is 30.3 Å². The Kier molecular flexibility index (Phi) is 3.47. The molecule has 0 amide bonds. The lowest BCUT2D eigenvalue weighted by Crippen LogP contribution is -2.12. The summed E-state index contributed by atoms with van der Waals surface area (Å²) < 4.78 is 0. The molecule has 1 atom stereocenters. The van der Waals surface area contributed by atoms with Crippen molar-refractivity contribution in [1.82, 2.24) is 4.98 Å². The number of hydrogen-bond acceptors (Lipinski definition) is 3. The van der Waals surface area contributed by atoms with E-state index < -0.39 is 0 Å². The number of nitrogens with zero attached hydrogens (tertiary/aromatic N) is 1. The van der Waals surface area contributed by atoms with Gasteiger partial charge in [-0.05, 0) is 12.5 Å². The molecule has 0 aliphatic carbocycles. The number of ketones is 1. The summed E-state index contributed by atoms with van der Waals surface area (Å²) in [5.74, 6) is 0.114. The summed E-state index contributed by atoms with van der Waals surface area (Å²) in [4.78, 5) is 16.2. The number of rotatable bonds is 4. The molecule has 0 radical (unpaired) electrons. The number of thiazole rings is 1. The van der Waals surface area contributed by atoms with Gasteiger partial charge in [0.1, 0.15) is 5.78 Å². The molecule has 16 heavy (non-hydrogen) atoms. The predicted octanol–water partition coefficient (Wildman–Crippen LogP) is 3.06. The molecular formula is C13H13NOS. The fourth-order valence-electron chi connectivity index (χ4n) is 1.55. The number of benzene rings is 1. The van der Waals surface area contributed by atoms with E-state index in [-0.39, 0.29) is 11.7 Å². The van der Waals surface area contributed by atoms with E-state index in [1.807, 2.05) is 42.6 Å². The average Bonchev–Trinajstić information content (AvgIpc) is 2.83. The summed E-state index contributed by atoms with van der Waals surface area (Å²) >= 11 is 1.53. The molecule has 1 unspecified atom stereocenters. The number of Topliss-reactive ketones (excluding diaryl/α,β-unsaturated/α-hetero) is 1. The summed E-state index contributed by atoms with van der Waals surface area (Å²) in [5, 5.41) is 1.94. The Morgan fingerprint density at radius 1 is 1.38 bits per heavy atom. The van der Waals surface area contributed by atoms with E-state index in [1.54, 1.807) is 5.51 Å². The number of aromatic nitrogens is 1. The minimum Gasteiger partial charge on any atom is -0.299 e. The molecule has 1 heterocycles. The minimum absolute atomic E-state index is 0.105. The lowest BCUT2D eigenvalue weighted by molar-refractivity contribution is -0.119. The van der Waals surface area contributed by atoms with Gasteiger partial charge < -0.3 is 0 Å². The van der Waals surface area contributed by atoms with Crippen molar-refractivity contribution in [3.05, 3.63) is 52.5 Å². The van der Waals surface area contributed by atoms with Crippen molar-refractivity contribution in [1.29, 1.82) is 0 Å². The summed E-state index contributed by atoms with van der Waals surface area (Å²) in [7, 11) is 0. The number of carbonyl (C=O) groups excluding carboxylic acids is 1. The summed E-state index contributed by atoms with van der Waals surface area (Å²) in [5.41, 5.74) is 3.71. The maximum Gasteiger partial charge on any atom is 0.146 e. The summed E-state index contributed by atoms with van der Waals surface area (Å²) in [6, 6.07) is 9.82. The SMILES string of the molecule is CC(C(=O)Cc1ccccc1)c1cscn1. The van der Waals surface area contributed by atoms with Crippen LogP contribution >= 0.6 is 11.3 Å². The Morgan fingerprint density at radius 2 is 2.12 bits per heavy atom. The van der Waals surface area contributed by atoms with Gasteiger partial charge in [-0.3, -0.25) is 4.79 Å². The monoisotopic (exact) mass is 231 g/mol.